The summed E-state index contributed by atoms with van der Waals surface area (Å²) in [5, 5.41) is 12.3. The molecule has 1 unspecified atom stereocenters. The Labute approximate surface area is 116 Å². The number of aromatic hydroxyl groups is 1. The maximum absolute atomic E-state index is 13.1. The summed E-state index contributed by atoms with van der Waals surface area (Å²) >= 11 is 0. The number of rotatable bonds is 5. The maximum Gasteiger partial charge on any atom is 0.255 e. The predicted molar refractivity (Wildman–Crippen MR) is 72.0 cm³/mol. The molecule has 0 saturated carbocycles. The molecule has 0 saturated heterocycles. The molecule has 0 spiro atoms. The topological polar surface area (TPSA) is 62.5 Å². The summed E-state index contributed by atoms with van der Waals surface area (Å²) in [6.07, 6.45) is 2.99. The Kier molecular flexibility index (Phi) is 4.40. The minimum absolute atomic E-state index is 0.0603. The van der Waals surface area contributed by atoms with E-state index in [2.05, 4.69) is 5.32 Å². The molecule has 1 aromatic heterocycles. The fourth-order valence-corrected chi connectivity index (χ4v) is 1.88. The Hall–Kier alpha value is -2.30. The van der Waals surface area contributed by atoms with E-state index in [-0.39, 0.29) is 17.4 Å². The van der Waals surface area contributed by atoms with E-state index in [1.807, 2.05) is 19.1 Å². The van der Waals surface area contributed by atoms with E-state index in [0.717, 1.165) is 24.0 Å². The summed E-state index contributed by atoms with van der Waals surface area (Å²) in [4.78, 5) is 11.9. The highest BCUT2D eigenvalue weighted by atomic mass is 19.1. The molecule has 0 fully saturated rings. The highest BCUT2D eigenvalue weighted by Crippen LogP contribution is 2.18. The summed E-state index contributed by atoms with van der Waals surface area (Å²) < 4.78 is 18.3. The van der Waals surface area contributed by atoms with Gasteiger partial charge in [-0.1, -0.05) is 0 Å². The first kappa shape index (κ1) is 14.1. The maximum atomic E-state index is 13.1. The number of hydrogen-bond acceptors (Lipinski definition) is 3. The lowest BCUT2D eigenvalue weighted by molar-refractivity contribution is 0.0935. The van der Waals surface area contributed by atoms with Gasteiger partial charge in [-0.05, 0) is 43.7 Å². The highest BCUT2D eigenvalue weighted by molar-refractivity contribution is 5.96. The summed E-state index contributed by atoms with van der Waals surface area (Å²) in [5.74, 6) is -0.438. The monoisotopic (exact) mass is 277 g/mol. The van der Waals surface area contributed by atoms with Gasteiger partial charge in [0.1, 0.15) is 17.3 Å². The van der Waals surface area contributed by atoms with Crippen molar-refractivity contribution in [1.82, 2.24) is 5.32 Å². The Bertz CT molecular complexity index is 581. The Balaban J connectivity index is 1.91. The molecule has 0 aliphatic carbocycles. The Morgan fingerprint density at radius 3 is 2.95 bits per heavy atom. The van der Waals surface area contributed by atoms with Gasteiger partial charge in [0, 0.05) is 12.5 Å². The third-order valence-corrected chi connectivity index (χ3v) is 2.98. The van der Waals surface area contributed by atoms with Crippen LogP contribution in [0.15, 0.2) is 41.0 Å². The average molecular weight is 277 g/mol. The van der Waals surface area contributed by atoms with E-state index in [1.54, 1.807) is 6.26 Å². The number of phenols is 1. The van der Waals surface area contributed by atoms with E-state index < -0.39 is 11.7 Å². The largest absolute Gasteiger partial charge is 0.507 e. The molecule has 1 amide bonds. The molecule has 2 rings (SSSR count). The number of halogens is 1. The number of carbonyl (C=O) groups is 1. The van der Waals surface area contributed by atoms with Gasteiger partial charge in [-0.25, -0.2) is 4.39 Å². The van der Waals surface area contributed by atoms with Crippen LogP contribution >= 0.6 is 0 Å². The number of amides is 1. The minimum Gasteiger partial charge on any atom is -0.507 e. The van der Waals surface area contributed by atoms with E-state index in [0.29, 0.717) is 12.8 Å². The standard InChI is InChI=1S/C15H16FNO3/c1-10(4-6-12-3-2-8-20-12)17-15(19)13-9-11(16)5-7-14(13)18/h2-3,5,7-10,18H,4,6H2,1H3,(H,17,19). The van der Waals surface area contributed by atoms with Gasteiger partial charge in [0.2, 0.25) is 0 Å². The lowest BCUT2D eigenvalue weighted by atomic mass is 10.1. The second kappa shape index (κ2) is 6.23. The van der Waals surface area contributed by atoms with Crippen LogP contribution in [0.4, 0.5) is 4.39 Å². The smallest absolute Gasteiger partial charge is 0.255 e. The van der Waals surface area contributed by atoms with Gasteiger partial charge in [-0.2, -0.15) is 0 Å². The van der Waals surface area contributed by atoms with Gasteiger partial charge in [0.05, 0.1) is 11.8 Å². The van der Waals surface area contributed by atoms with Crippen LogP contribution in [-0.4, -0.2) is 17.1 Å². The van der Waals surface area contributed by atoms with Crippen LogP contribution in [0, 0.1) is 5.82 Å². The molecule has 0 radical (unpaired) electrons. The van der Waals surface area contributed by atoms with Crippen LogP contribution in [0.2, 0.25) is 0 Å². The van der Waals surface area contributed by atoms with Crippen molar-refractivity contribution >= 4 is 5.91 Å². The normalized spacial score (nSPS) is 12.1. The lowest BCUT2D eigenvalue weighted by Crippen LogP contribution is -2.33. The van der Waals surface area contributed by atoms with Crippen molar-refractivity contribution in [3.63, 3.8) is 0 Å². The lowest BCUT2D eigenvalue weighted by Gasteiger charge is -2.13. The van der Waals surface area contributed by atoms with Crippen molar-refractivity contribution in [3.05, 3.63) is 53.7 Å². The van der Waals surface area contributed by atoms with Crippen LogP contribution in [0.3, 0.4) is 0 Å². The molecule has 0 bridgehead atoms. The van der Waals surface area contributed by atoms with Gasteiger partial charge in [-0.3, -0.25) is 4.79 Å². The molecule has 0 aliphatic rings. The molecule has 1 heterocycles. The van der Waals surface area contributed by atoms with E-state index in [1.165, 1.54) is 0 Å². The summed E-state index contributed by atoms with van der Waals surface area (Å²) in [5.41, 5.74) is -0.0603. The van der Waals surface area contributed by atoms with Gasteiger partial charge in [0.25, 0.3) is 5.91 Å². The first-order valence-corrected chi connectivity index (χ1v) is 6.38. The molecule has 0 aliphatic heterocycles. The molecular weight excluding hydrogens is 261 g/mol. The molecule has 1 aromatic carbocycles. The fraction of sp³-hybridized carbons (Fsp3) is 0.267. The zero-order chi connectivity index (χ0) is 14.5. The quantitative estimate of drug-likeness (QED) is 0.883. The second-order valence-electron chi connectivity index (χ2n) is 4.65. The first-order chi connectivity index (χ1) is 9.56. The van der Waals surface area contributed by atoms with Crippen molar-refractivity contribution < 1.29 is 18.7 Å². The zero-order valence-electron chi connectivity index (χ0n) is 11.1. The highest BCUT2D eigenvalue weighted by Gasteiger charge is 2.14. The summed E-state index contributed by atoms with van der Waals surface area (Å²) in [7, 11) is 0. The van der Waals surface area contributed by atoms with Gasteiger partial charge in [0.15, 0.2) is 0 Å². The van der Waals surface area contributed by atoms with Crippen molar-refractivity contribution in [2.45, 2.75) is 25.8 Å². The van der Waals surface area contributed by atoms with Crippen molar-refractivity contribution in [1.29, 1.82) is 0 Å². The number of furan rings is 1. The number of phenolic OH excluding ortho intramolecular Hbond substituents is 1. The predicted octanol–water partition coefficient (Wildman–Crippen LogP) is 2.88. The second-order valence-corrected chi connectivity index (χ2v) is 4.65. The van der Waals surface area contributed by atoms with E-state index in [9.17, 15) is 14.3 Å². The molecule has 1 atom stereocenters. The van der Waals surface area contributed by atoms with E-state index in [4.69, 9.17) is 4.42 Å². The number of benzene rings is 1. The summed E-state index contributed by atoms with van der Waals surface area (Å²) in [6.45, 7) is 1.84. The molecule has 5 heteroatoms. The average Bonchev–Trinajstić information content (AvgIpc) is 2.92. The minimum atomic E-state index is -0.559. The molecule has 4 nitrogen and oxygen atoms in total. The number of nitrogens with one attached hydrogen (secondary N) is 1. The van der Waals surface area contributed by atoms with Crippen molar-refractivity contribution in [2.24, 2.45) is 0 Å². The van der Waals surface area contributed by atoms with Crippen LogP contribution in [0.25, 0.3) is 0 Å². The Morgan fingerprint density at radius 2 is 2.25 bits per heavy atom. The van der Waals surface area contributed by atoms with Crippen molar-refractivity contribution in [3.8, 4) is 5.75 Å². The SMILES string of the molecule is CC(CCc1ccco1)NC(=O)c1cc(F)ccc1O. The van der Waals surface area contributed by atoms with Crippen LogP contribution in [0.5, 0.6) is 5.75 Å². The number of carbonyl (C=O) groups excluding carboxylic acids is 1. The number of hydrogen-bond donors (Lipinski definition) is 2. The van der Waals surface area contributed by atoms with Crippen molar-refractivity contribution in [2.75, 3.05) is 0 Å². The van der Waals surface area contributed by atoms with E-state index >= 15 is 0 Å². The van der Waals surface area contributed by atoms with Gasteiger partial charge >= 0.3 is 0 Å². The summed E-state index contributed by atoms with van der Waals surface area (Å²) in [6, 6.07) is 6.85. The molecule has 106 valence electrons. The Morgan fingerprint density at radius 1 is 1.45 bits per heavy atom. The molecule has 2 N–H and O–H groups in total. The van der Waals surface area contributed by atoms with Crippen LogP contribution in [0.1, 0.15) is 29.5 Å². The number of aryl methyl sites for hydroxylation is 1. The first-order valence-electron chi connectivity index (χ1n) is 6.38. The third kappa shape index (κ3) is 3.60. The van der Waals surface area contributed by atoms with Crippen LogP contribution in [-0.2, 0) is 6.42 Å². The van der Waals surface area contributed by atoms with Gasteiger partial charge in [-0.15, -0.1) is 0 Å². The molecule has 20 heavy (non-hydrogen) atoms. The zero-order valence-corrected chi connectivity index (χ0v) is 11.1. The molecular formula is C15H16FNO3. The third-order valence-electron chi connectivity index (χ3n) is 2.98. The molecule has 2 aromatic rings. The van der Waals surface area contributed by atoms with Gasteiger partial charge < -0.3 is 14.8 Å². The fourth-order valence-electron chi connectivity index (χ4n) is 1.88. The van der Waals surface area contributed by atoms with Crippen LogP contribution < -0.4 is 5.32 Å².